The molecule has 0 aliphatic heterocycles. The summed E-state index contributed by atoms with van der Waals surface area (Å²) in [7, 11) is 0. The number of hydrogen-bond acceptors (Lipinski definition) is 3. The van der Waals surface area contributed by atoms with Gasteiger partial charge in [0.1, 0.15) is 0 Å². The van der Waals surface area contributed by atoms with Gasteiger partial charge in [-0.2, -0.15) is 0 Å². The van der Waals surface area contributed by atoms with Crippen LogP contribution in [0.1, 0.15) is 24.6 Å². The lowest BCUT2D eigenvalue weighted by Crippen LogP contribution is -2.42. The Morgan fingerprint density at radius 2 is 2.14 bits per heavy atom. The molecule has 0 spiro atoms. The molecule has 0 unspecified atom stereocenters. The Labute approximate surface area is 125 Å². The summed E-state index contributed by atoms with van der Waals surface area (Å²) >= 11 is 0. The number of nitrogens with one attached hydrogen (secondary N) is 1. The molecule has 1 aromatic heterocycles. The Bertz CT molecular complexity index is 565. The van der Waals surface area contributed by atoms with E-state index < -0.39 is 6.04 Å². The molecule has 5 heteroatoms. The number of benzene rings is 1. The van der Waals surface area contributed by atoms with Gasteiger partial charge in [-0.1, -0.05) is 37.3 Å². The highest BCUT2D eigenvalue weighted by molar-refractivity contribution is 5.81. The predicted octanol–water partition coefficient (Wildman–Crippen LogP) is 1.33. The van der Waals surface area contributed by atoms with Crippen LogP contribution in [0.4, 0.5) is 0 Å². The molecule has 0 saturated carbocycles. The minimum absolute atomic E-state index is 0.116. The number of carbonyl (C=O) groups is 1. The molecule has 2 aromatic rings. The SMILES string of the molecule is CCCNC(=O)[C@@H](N)Cc1cn(Cc2ccccc2)cn1. The molecule has 1 atom stereocenters. The van der Waals surface area contributed by atoms with Gasteiger partial charge in [-0.25, -0.2) is 4.98 Å². The largest absolute Gasteiger partial charge is 0.355 e. The molecule has 5 nitrogen and oxygen atoms in total. The molecule has 1 amide bonds. The average Bonchev–Trinajstić information content (AvgIpc) is 2.92. The smallest absolute Gasteiger partial charge is 0.237 e. The van der Waals surface area contributed by atoms with Crippen molar-refractivity contribution in [3.05, 3.63) is 54.1 Å². The zero-order valence-electron chi connectivity index (χ0n) is 12.3. The summed E-state index contributed by atoms with van der Waals surface area (Å²) in [4.78, 5) is 16.1. The minimum Gasteiger partial charge on any atom is -0.355 e. The van der Waals surface area contributed by atoms with Crippen molar-refractivity contribution in [1.82, 2.24) is 14.9 Å². The van der Waals surface area contributed by atoms with E-state index in [1.54, 1.807) is 6.33 Å². The van der Waals surface area contributed by atoms with Crippen molar-refractivity contribution in [3.63, 3.8) is 0 Å². The number of nitrogens with zero attached hydrogens (tertiary/aromatic N) is 2. The van der Waals surface area contributed by atoms with Crippen molar-refractivity contribution in [2.75, 3.05) is 6.54 Å². The van der Waals surface area contributed by atoms with E-state index in [2.05, 4.69) is 22.4 Å². The van der Waals surface area contributed by atoms with Gasteiger partial charge in [0, 0.05) is 25.7 Å². The number of aromatic nitrogens is 2. The van der Waals surface area contributed by atoms with E-state index in [-0.39, 0.29) is 5.91 Å². The van der Waals surface area contributed by atoms with Crippen molar-refractivity contribution in [3.8, 4) is 0 Å². The zero-order valence-corrected chi connectivity index (χ0v) is 12.3. The molecule has 1 heterocycles. The maximum Gasteiger partial charge on any atom is 0.237 e. The van der Waals surface area contributed by atoms with Crippen LogP contribution in [0.5, 0.6) is 0 Å². The summed E-state index contributed by atoms with van der Waals surface area (Å²) in [5, 5.41) is 2.80. The first-order valence-electron chi connectivity index (χ1n) is 7.27. The highest BCUT2D eigenvalue weighted by atomic mass is 16.2. The van der Waals surface area contributed by atoms with Crippen molar-refractivity contribution < 1.29 is 4.79 Å². The zero-order chi connectivity index (χ0) is 15.1. The maximum absolute atomic E-state index is 11.7. The Kier molecular flexibility index (Phi) is 5.51. The first kappa shape index (κ1) is 15.3. The number of imidazole rings is 1. The van der Waals surface area contributed by atoms with Crippen LogP contribution in [0, 0.1) is 0 Å². The van der Waals surface area contributed by atoms with Gasteiger partial charge >= 0.3 is 0 Å². The topological polar surface area (TPSA) is 72.9 Å². The molecule has 112 valence electrons. The third-order valence-electron chi connectivity index (χ3n) is 3.21. The third-order valence-corrected chi connectivity index (χ3v) is 3.21. The van der Waals surface area contributed by atoms with Crippen molar-refractivity contribution in [1.29, 1.82) is 0 Å². The number of carbonyl (C=O) groups excluding carboxylic acids is 1. The molecule has 0 radical (unpaired) electrons. The Morgan fingerprint density at radius 3 is 2.86 bits per heavy atom. The van der Waals surface area contributed by atoms with Crippen LogP contribution in [-0.4, -0.2) is 28.0 Å². The fourth-order valence-electron chi connectivity index (χ4n) is 2.09. The normalized spacial score (nSPS) is 12.1. The van der Waals surface area contributed by atoms with Gasteiger partial charge in [0.15, 0.2) is 0 Å². The number of amides is 1. The summed E-state index contributed by atoms with van der Waals surface area (Å²) in [5.74, 6) is -0.116. The summed E-state index contributed by atoms with van der Waals surface area (Å²) in [6.45, 7) is 3.44. The number of rotatable bonds is 7. The second-order valence-electron chi connectivity index (χ2n) is 5.12. The quantitative estimate of drug-likeness (QED) is 0.806. The lowest BCUT2D eigenvalue weighted by Gasteiger charge is -2.10. The first-order chi connectivity index (χ1) is 10.2. The molecule has 0 saturated heterocycles. The lowest BCUT2D eigenvalue weighted by atomic mass is 10.1. The monoisotopic (exact) mass is 286 g/mol. The molecule has 1 aromatic carbocycles. The van der Waals surface area contributed by atoms with E-state index in [9.17, 15) is 4.79 Å². The van der Waals surface area contributed by atoms with E-state index in [1.165, 1.54) is 5.56 Å². The van der Waals surface area contributed by atoms with Gasteiger partial charge < -0.3 is 15.6 Å². The summed E-state index contributed by atoms with van der Waals surface area (Å²) in [5.41, 5.74) is 7.94. The van der Waals surface area contributed by atoms with Gasteiger partial charge in [-0.05, 0) is 12.0 Å². The molecule has 0 fully saturated rings. The molecular weight excluding hydrogens is 264 g/mol. The molecule has 0 aliphatic carbocycles. The molecule has 2 rings (SSSR count). The van der Waals surface area contributed by atoms with Crippen molar-refractivity contribution in [2.24, 2.45) is 5.73 Å². The predicted molar refractivity (Wildman–Crippen MR) is 82.8 cm³/mol. The van der Waals surface area contributed by atoms with E-state index in [1.807, 2.05) is 35.9 Å². The van der Waals surface area contributed by atoms with Crippen LogP contribution in [0.15, 0.2) is 42.9 Å². The van der Waals surface area contributed by atoms with Crippen LogP contribution < -0.4 is 11.1 Å². The summed E-state index contributed by atoms with van der Waals surface area (Å²) < 4.78 is 2.00. The second kappa shape index (κ2) is 7.59. The van der Waals surface area contributed by atoms with Gasteiger partial charge in [0.25, 0.3) is 0 Å². The average molecular weight is 286 g/mol. The van der Waals surface area contributed by atoms with Crippen LogP contribution in [-0.2, 0) is 17.8 Å². The maximum atomic E-state index is 11.7. The Balaban J connectivity index is 1.89. The minimum atomic E-state index is -0.545. The van der Waals surface area contributed by atoms with Gasteiger partial charge in [-0.3, -0.25) is 4.79 Å². The fourth-order valence-corrected chi connectivity index (χ4v) is 2.09. The molecule has 0 bridgehead atoms. The van der Waals surface area contributed by atoms with E-state index in [4.69, 9.17) is 5.73 Å². The van der Waals surface area contributed by atoms with Crippen LogP contribution >= 0.6 is 0 Å². The van der Waals surface area contributed by atoms with E-state index in [0.29, 0.717) is 13.0 Å². The van der Waals surface area contributed by atoms with Crippen LogP contribution in [0.2, 0.25) is 0 Å². The third kappa shape index (κ3) is 4.72. The first-order valence-corrected chi connectivity index (χ1v) is 7.27. The summed E-state index contributed by atoms with van der Waals surface area (Å²) in [6, 6.07) is 9.63. The van der Waals surface area contributed by atoms with Crippen molar-refractivity contribution >= 4 is 5.91 Å². The molecule has 21 heavy (non-hydrogen) atoms. The highest BCUT2D eigenvalue weighted by Gasteiger charge is 2.14. The Morgan fingerprint density at radius 1 is 1.38 bits per heavy atom. The number of nitrogens with two attached hydrogens (primary N) is 1. The molecule has 0 aliphatic rings. The Hall–Kier alpha value is -2.14. The highest BCUT2D eigenvalue weighted by Crippen LogP contribution is 2.05. The van der Waals surface area contributed by atoms with Gasteiger partial charge in [0.2, 0.25) is 5.91 Å². The van der Waals surface area contributed by atoms with Crippen molar-refractivity contribution in [2.45, 2.75) is 32.4 Å². The number of hydrogen-bond donors (Lipinski definition) is 2. The van der Waals surface area contributed by atoms with E-state index >= 15 is 0 Å². The standard InChI is InChI=1S/C16H22N4O/c1-2-8-18-16(21)15(17)9-14-11-20(12-19-14)10-13-6-4-3-5-7-13/h3-7,11-12,15H,2,8-10,17H2,1H3,(H,18,21)/t15-/m0/s1. The lowest BCUT2D eigenvalue weighted by molar-refractivity contribution is -0.122. The fraction of sp³-hybridized carbons (Fsp3) is 0.375. The van der Waals surface area contributed by atoms with Crippen LogP contribution in [0.3, 0.4) is 0 Å². The molecule has 3 N–H and O–H groups in total. The van der Waals surface area contributed by atoms with Gasteiger partial charge in [0.05, 0.1) is 18.1 Å². The van der Waals surface area contributed by atoms with E-state index in [0.717, 1.165) is 18.7 Å². The second-order valence-corrected chi connectivity index (χ2v) is 5.12. The van der Waals surface area contributed by atoms with Gasteiger partial charge in [-0.15, -0.1) is 0 Å². The summed E-state index contributed by atoms with van der Waals surface area (Å²) in [6.07, 6.45) is 5.08. The molecular formula is C16H22N4O. The van der Waals surface area contributed by atoms with Crippen LogP contribution in [0.25, 0.3) is 0 Å².